The van der Waals surface area contributed by atoms with Crippen molar-refractivity contribution in [1.29, 1.82) is 0 Å². The summed E-state index contributed by atoms with van der Waals surface area (Å²) >= 11 is 0. The van der Waals surface area contributed by atoms with Gasteiger partial charge in [0.2, 0.25) is 11.9 Å². The number of nitrogen functional groups attached to an aromatic ring is 1. The van der Waals surface area contributed by atoms with E-state index >= 15 is 0 Å². The van der Waals surface area contributed by atoms with Crippen molar-refractivity contribution in [3.05, 3.63) is 30.6 Å². The van der Waals surface area contributed by atoms with Crippen LogP contribution in [0.2, 0.25) is 0 Å². The molecule has 1 heterocycles. The smallest absolute Gasteiger partial charge is 0.227 e. The zero-order valence-corrected chi connectivity index (χ0v) is 12.1. The van der Waals surface area contributed by atoms with Gasteiger partial charge in [-0.3, -0.25) is 0 Å². The van der Waals surface area contributed by atoms with Gasteiger partial charge in [0, 0.05) is 0 Å². The quantitative estimate of drug-likeness (QED) is 0.801. The number of hydrogen-bond donors (Lipinski definition) is 2. The van der Waals surface area contributed by atoms with Gasteiger partial charge in [-0.15, -0.1) is 0 Å². The molecular formula is C14H19N5O2. The Labute approximate surface area is 123 Å². The molecule has 0 spiro atoms. The summed E-state index contributed by atoms with van der Waals surface area (Å²) in [7, 11) is 0. The van der Waals surface area contributed by atoms with Gasteiger partial charge >= 0.3 is 0 Å². The van der Waals surface area contributed by atoms with Crippen LogP contribution >= 0.6 is 0 Å². The van der Waals surface area contributed by atoms with Crippen molar-refractivity contribution in [3.8, 4) is 11.5 Å². The lowest BCUT2D eigenvalue weighted by atomic mass is 10.3. The summed E-state index contributed by atoms with van der Waals surface area (Å²) in [6.07, 6.45) is 1.37. The molecule has 1 aromatic heterocycles. The summed E-state index contributed by atoms with van der Waals surface area (Å²) in [6.45, 7) is 5.04. The zero-order valence-electron chi connectivity index (χ0n) is 12.1. The average Bonchev–Trinajstić information content (AvgIpc) is 2.47. The number of anilines is 2. The van der Waals surface area contributed by atoms with Crippen LogP contribution in [0.1, 0.15) is 13.8 Å². The molecule has 0 saturated carbocycles. The number of rotatable bonds is 7. The van der Waals surface area contributed by atoms with Crippen molar-refractivity contribution in [2.75, 3.05) is 24.3 Å². The van der Waals surface area contributed by atoms with E-state index in [9.17, 15) is 0 Å². The number of nitrogens with zero attached hydrogens (tertiary/aromatic N) is 3. The first kappa shape index (κ1) is 14.8. The minimum Gasteiger partial charge on any atom is -0.494 e. The second kappa shape index (κ2) is 7.28. The summed E-state index contributed by atoms with van der Waals surface area (Å²) < 4.78 is 11.1. The van der Waals surface area contributed by atoms with Crippen LogP contribution in [0, 0.1) is 0 Å². The Bertz CT molecular complexity index is 562. The Morgan fingerprint density at radius 2 is 1.81 bits per heavy atom. The molecule has 7 heteroatoms. The van der Waals surface area contributed by atoms with Gasteiger partial charge in [0.15, 0.2) is 0 Å². The van der Waals surface area contributed by atoms with Crippen LogP contribution in [0.3, 0.4) is 0 Å². The molecule has 0 fully saturated rings. The first-order chi connectivity index (χ1) is 10.2. The third-order valence-corrected chi connectivity index (χ3v) is 2.60. The lowest BCUT2D eigenvalue weighted by Crippen LogP contribution is -2.24. The van der Waals surface area contributed by atoms with Crippen LogP contribution < -0.4 is 20.5 Å². The summed E-state index contributed by atoms with van der Waals surface area (Å²) in [6, 6.07) is 7.53. The van der Waals surface area contributed by atoms with E-state index in [0.29, 0.717) is 19.2 Å². The molecule has 0 radical (unpaired) electrons. The average molecular weight is 289 g/mol. The number of nitrogens with two attached hydrogens (primary N) is 1. The Morgan fingerprint density at radius 1 is 1.14 bits per heavy atom. The first-order valence-electron chi connectivity index (χ1n) is 6.74. The van der Waals surface area contributed by atoms with Crippen LogP contribution in [-0.2, 0) is 0 Å². The summed E-state index contributed by atoms with van der Waals surface area (Å²) in [5.41, 5.74) is 5.49. The van der Waals surface area contributed by atoms with Crippen molar-refractivity contribution in [2.45, 2.75) is 19.9 Å². The van der Waals surface area contributed by atoms with Crippen molar-refractivity contribution in [1.82, 2.24) is 15.0 Å². The minimum atomic E-state index is 0.0263. The van der Waals surface area contributed by atoms with Gasteiger partial charge in [0.25, 0.3) is 0 Å². The van der Waals surface area contributed by atoms with Gasteiger partial charge < -0.3 is 20.5 Å². The molecule has 112 valence electrons. The topological polar surface area (TPSA) is 95.2 Å². The standard InChI is InChI=1S/C14H19N5O2/c1-3-20-11-4-6-12(7-5-11)21-8-10(2)18-14-17-9-16-13(15)19-14/h4-7,9-10H,3,8H2,1-2H3,(H3,15,16,17,18,19). The number of aromatic nitrogens is 3. The SMILES string of the molecule is CCOc1ccc(OCC(C)Nc2ncnc(N)n2)cc1. The fourth-order valence-corrected chi connectivity index (χ4v) is 1.66. The molecule has 21 heavy (non-hydrogen) atoms. The van der Waals surface area contributed by atoms with Crippen LogP contribution in [0.4, 0.5) is 11.9 Å². The second-order valence-corrected chi connectivity index (χ2v) is 4.43. The second-order valence-electron chi connectivity index (χ2n) is 4.43. The Balaban J connectivity index is 1.82. The Hall–Kier alpha value is -2.57. The van der Waals surface area contributed by atoms with Gasteiger partial charge in [0.05, 0.1) is 12.6 Å². The number of nitrogens with one attached hydrogen (secondary N) is 1. The highest BCUT2D eigenvalue weighted by molar-refractivity contribution is 5.32. The summed E-state index contributed by atoms with van der Waals surface area (Å²) in [4.78, 5) is 11.7. The highest BCUT2D eigenvalue weighted by Crippen LogP contribution is 2.17. The highest BCUT2D eigenvalue weighted by Gasteiger charge is 2.06. The molecule has 0 aliphatic carbocycles. The lowest BCUT2D eigenvalue weighted by Gasteiger charge is -2.15. The molecule has 0 aliphatic rings. The molecule has 0 amide bonds. The maximum Gasteiger partial charge on any atom is 0.227 e. The van der Waals surface area contributed by atoms with Gasteiger partial charge in [0.1, 0.15) is 24.4 Å². The van der Waals surface area contributed by atoms with E-state index in [1.807, 2.05) is 38.1 Å². The third-order valence-electron chi connectivity index (χ3n) is 2.60. The maximum absolute atomic E-state index is 5.68. The van der Waals surface area contributed by atoms with Gasteiger partial charge in [-0.05, 0) is 38.1 Å². The van der Waals surface area contributed by atoms with Crippen LogP contribution in [0.25, 0.3) is 0 Å². The minimum absolute atomic E-state index is 0.0263. The van der Waals surface area contributed by atoms with E-state index in [-0.39, 0.29) is 12.0 Å². The normalized spacial score (nSPS) is 11.7. The lowest BCUT2D eigenvalue weighted by molar-refractivity contribution is 0.301. The van der Waals surface area contributed by atoms with Crippen molar-refractivity contribution >= 4 is 11.9 Å². The van der Waals surface area contributed by atoms with Gasteiger partial charge in [-0.25, -0.2) is 9.97 Å². The van der Waals surface area contributed by atoms with E-state index in [2.05, 4.69) is 20.3 Å². The zero-order chi connectivity index (χ0) is 15.1. The van der Waals surface area contributed by atoms with Crippen molar-refractivity contribution in [3.63, 3.8) is 0 Å². The van der Waals surface area contributed by atoms with E-state index in [1.54, 1.807) is 0 Å². The molecule has 2 aromatic rings. The molecule has 1 unspecified atom stereocenters. The fraction of sp³-hybridized carbons (Fsp3) is 0.357. The molecule has 3 N–H and O–H groups in total. The number of benzene rings is 1. The number of hydrogen-bond acceptors (Lipinski definition) is 7. The largest absolute Gasteiger partial charge is 0.494 e. The predicted octanol–water partition coefficient (Wildman–Crippen LogP) is 1.73. The summed E-state index contributed by atoms with van der Waals surface area (Å²) in [5.74, 6) is 2.23. The van der Waals surface area contributed by atoms with Crippen LogP contribution in [0.15, 0.2) is 30.6 Å². The number of ether oxygens (including phenoxy) is 2. The van der Waals surface area contributed by atoms with Crippen LogP contribution in [-0.4, -0.2) is 34.2 Å². The molecule has 2 rings (SSSR count). The van der Waals surface area contributed by atoms with Gasteiger partial charge in [-0.1, -0.05) is 0 Å². The molecule has 0 aliphatic heterocycles. The van der Waals surface area contributed by atoms with E-state index in [0.717, 1.165) is 11.5 Å². The predicted molar refractivity (Wildman–Crippen MR) is 80.4 cm³/mol. The monoisotopic (exact) mass is 289 g/mol. The molecule has 0 bridgehead atoms. The summed E-state index contributed by atoms with van der Waals surface area (Å²) in [5, 5.41) is 3.09. The Kier molecular flexibility index (Phi) is 5.14. The molecule has 0 saturated heterocycles. The maximum atomic E-state index is 5.68. The van der Waals surface area contributed by atoms with Crippen LogP contribution in [0.5, 0.6) is 11.5 Å². The first-order valence-corrected chi connectivity index (χ1v) is 6.74. The van der Waals surface area contributed by atoms with E-state index < -0.39 is 0 Å². The molecule has 1 aromatic carbocycles. The van der Waals surface area contributed by atoms with Crippen molar-refractivity contribution in [2.24, 2.45) is 0 Å². The molecule has 1 atom stereocenters. The van der Waals surface area contributed by atoms with E-state index in [4.69, 9.17) is 15.2 Å². The third kappa shape index (κ3) is 4.79. The Morgan fingerprint density at radius 3 is 2.43 bits per heavy atom. The van der Waals surface area contributed by atoms with E-state index in [1.165, 1.54) is 6.33 Å². The molecule has 7 nitrogen and oxygen atoms in total. The highest BCUT2D eigenvalue weighted by atomic mass is 16.5. The van der Waals surface area contributed by atoms with Gasteiger partial charge in [-0.2, -0.15) is 4.98 Å². The molecular weight excluding hydrogens is 270 g/mol. The fourth-order valence-electron chi connectivity index (χ4n) is 1.66. The van der Waals surface area contributed by atoms with Crippen molar-refractivity contribution < 1.29 is 9.47 Å².